The van der Waals surface area contributed by atoms with Crippen LogP contribution >= 0.6 is 11.3 Å². The Morgan fingerprint density at radius 1 is 0.906 bits per heavy atom. The number of hydrogen-bond donors (Lipinski definition) is 1. The van der Waals surface area contributed by atoms with E-state index in [4.69, 9.17) is 14.2 Å². The van der Waals surface area contributed by atoms with Gasteiger partial charge in [-0.1, -0.05) is 48.5 Å². The number of rotatable bonds is 10. The fourth-order valence-corrected chi connectivity index (χ4v) is 3.61. The second-order valence-corrected chi connectivity index (χ2v) is 7.55. The molecule has 32 heavy (non-hydrogen) atoms. The first-order valence-electron chi connectivity index (χ1n) is 10.1. The molecule has 0 fully saturated rings. The van der Waals surface area contributed by atoms with E-state index in [-0.39, 0.29) is 0 Å². The molecule has 1 heterocycles. The highest BCUT2D eigenvalue weighted by Gasteiger charge is 2.06. The van der Waals surface area contributed by atoms with Crippen LogP contribution in [0.2, 0.25) is 0 Å². The number of benzene rings is 3. The minimum atomic E-state index is 0.411. The van der Waals surface area contributed by atoms with Gasteiger partial charge in [0.1, 0.15) is 19.0 Å². The minimum Gasteiger partial charge on any atom is -0.493 e. The van der Waals surface area contributed by atoms with Crippen LogP contribution in [0.4, 0.5) is 5.13 Å². The Morgan fingerprint density at radius 2 is 1.66 bits per heavy atom. The molecule has 0 aliphatic carbocycles. The van der Waals surface area contributed by atoms with E-state index >= 15 is 0 Å². The highest BCUT2D eigenvalue weighted by Crippen LogP contribution is 2.28. The number of hydrogen-bond acceptors (Lipinski definition) is 7. The smallest absolute Gasteiger partial charge is 0.203 e. The SMILES string of the molecule is COc1cc(C=NNc2nc(-c3ccccc3)cs2)ccc1OCCOc1ccccc1. The van der Waals surface area contributed by atoms with Crippen LogP contribution in [0.15, 0.2) is 89.3 Å². The van der Waals surface area contributed by atoms with Gasteiger partial charge in [0.25, 0.3) is 0 Å². The summed E-state index contributed by atoms with van der Waals surface area (Å²) in [6.07, 6.45) is 1.72. The molecule has 4 rings (SSSR count). The molecule has 1 N–H and O–H groups in total. The molecule has 4 aromatic rings. The zero-order chi connectivity index (χ0) is 22.0. The van der Waals surface area contributed by atoms with E-state index in [1.807, 2.05) is 84.2 Å². The van der Waals surface area contributed by atoms with Crippen molar-refractivity contribution in [3.8, 4) is 28.5 Å². The van der Waals surface area contributed by atoms with Crippen molar-refractivity contribution >= 4 is 22.7 Å². The third kappa shape index (κ3) is 5.86. The van der Waals surface area contributed by atoms with Gasteiger partial charge >= 0.3 is 0 Å². The summed E-state index contributed by atoms with van der Waals surface area (Å²) < 4.78 is 16.9. The first-order chi connectivity index (χ1) is 15.8. The van der Waals surface area contributed by atoms with E-state index in [9.17, 15) is 0 Å². The molecule has 0 aliphatic heterocycles. The van der Waals surface area contributed by atoms with Gasteiger partial charge in [0.15, 0.2) is 11.5 Å². The molecule has 7 heteroatoms. The average Bonchev–Trinajstić information content (AvgIpc) is 3.32. The molecule has 1 aromatic heterocycles. The Kier molecular flexibility index (Phi) is 7.34. The van der Waals surface area contributed by atoms with Gasteiger partial charge in [-0.3, -0.25) is 5.43 Å². The van der Waals surface area contributed by atoms with Crippen molar-refractivity contribution in [1.29, 1.82) is 0 Å². The summed E-state index contributed by atoms with van der Waals surface area (Å²) in [6.45, 7) is 0.854. The standard InChI is InChI=1S/C25H23N3O3S/c1-29-24-16-19(12-13-23(24)31-15-14-30-21-10-6-3-7-11-21)17-26-28-25-27-22(18-32-25)20-8-4-2-5-9-20/h2-13,16-18H,14-15H2,1H3,(H,27,28). The maximum absolute atomic E-state index is 5.80. The van der Waals surface area contributed by atoms with E-state index < -0.39 is 0 Å². The summed E-state index contributed by atoms with van der Waals surface area (Å²) >= 11 is 1.51. The van der Waals surface area contributed by atoms with Gasteiger partial charge in [-0.05, 0) is 35.9 Å². The molecular weight excluding hydrogens is 422 g/mol. The average molecular weight is 446 g/mol. The van der Waals surface area contributed by atoms with Gasteiger partial charge in [0, 0.05) is 10.9 Å². The molecule has 0 saturated carbocycles. The monoisotopic (exact) mass is 445 g/mol. The van der Waals surface area contributed by atoms with Crippen molar-refractivity contribution in [3.05, 3.63) is 89.8 Å². The van der Waals surface area contributed by atoms with E-state index in [0.29, 0.717) is 24.7 Å². The summed E-state index contributed by atoms with van der Waals surface area (Å²) in [6, 6.07) is 25.3. The Balaban J connectivity index is 1.30. The highest BCUT2D eigenvalue weighted by molar-refractivity contribution is 7.14. The maximum atomic E-state index is 5.80. The number of methoxy groups -OCH3 is 1. The normalized spacial score (nSPS) is 10.8. The first-order valence-corrected chi connectivity index (χ1v) is 11.0. The number of hydrazone groups is 1. The lowest BCUT2D eigenvalue weighted by atomic mass is 10.2. The topological polar surface area (TPSA) is 65.0 Å². The Morgan fingerprint density at radius 3 is 2.44 bits per heavy atom. The van der Waals surface area contributed by atoms with Crippen LogP contribution in [-0.4, -0.2) is 31.5 Å². The fraction of sp³-hybridized carbons (Fsp3) is 0.120. The third-order valence-electron chi connectivity index (χ3n) is 4.49. The molecule has 0 amide bonds. The molecule has 0 spiro atoms. The molecule has 162 valence electrons. The van der Waals surface area contributed by atoms with Gasteiger partial charge in [0.05, 0.1) is 19.0 Å². The third-order valence-corrected chi connectivity index (χ3v) is 5.24. The minimum absolute atomic E-state index is 0.411. The second kappa shape index (κ2) is 11.0. The zero-order valence-corrected chi connectivity index (χ0v) is 18.4. The maximum Gasteiger partial charge on any atom is 0.203 e. The number of ether oxygens (including phenoxy) is 3. The molecule has 0 atom stereocenters. The summed E-state index contributed by atoms with van der Waals surface area (Å²) in [7, 11) is 1.61. The molecule has 0 aliphatic rings. The molecular formula is C25H23N3O3S. The van der Waals surface area contributed by atoms with Gasteiger partial charge in [-0.25, -0.2) is 4.98 Å². The van der Waals surface area contributed by atoms with Crippen LogP contribution in [0.25, 0.3) is 11.3 Å². The van der Waals surface area contributed by atoms with E-state index in [2.05, 4.69) is 15.5 Å². The lowest BCUT2D eigenvalue weighted by Crippen LogP contribution is -2.09. The van der Waals surface area contributed by atoms with Crippen molar-refractivity contribution in [2.75, 3.05) is 25.7 Å². The number of para-hydroxylation sites is 1. The Hall–Kier alpha value is -3.84. The number of nitrogens with one attached hydrogen (secondary N) is 1. The van der Waals surface area contributed by atoms with Gasteiger partial charge in [-0.2, -0.15) is 5.10 Å². The fourth-order valence-electron chi connectivity index (χ4n) is 2.94. The van der Waals surface area contributed by atoms with Crippen molar-refractivity contribution < 1.29 is 14.2 Å². The summed E-state index contributed by atoms with van der Waals surface area (Å²) in [4.78, 5) is 4.56. The molecule has 0 unspecified atom stereocenters. The quantitative estimate of drug-likeness (QED) is 0.192. The van der Waals surface area contributed by atoms with Crippen molar-refractivity contribution in [2.24, 2.45) is 5.10 Å². The van der Waals surface area contributed by atoms with Crippen molar-refractivity contribution in [1.82, 2.24) is 4.98 Å². The van der Waals surface area contributed by atoms with Crippen LogP contribution in [0, 0.1) is 0 Å². The number of thiazole rings is 1. The van der Waals surface area contributed by atoms with E-state index in [1.54, 1.807) is 13.3 Å². The van der Waals surface area contributed by atoms with Crippen LogP contribution < -0.4 is 19.6 Å². The zero-order valence-electron chi connectivity index (χ0n) is 17.6. The van der Waals surface area contributed by atoms with Gasteiger partial charge in [0.2, 0.25) is 5.13 Å². The summed E-state index contributed by atoms with van der Waals surface area (Å²) in [5.41, 5.74) is 5.86. The van der Waals surface area contributed by atoms with Crippen molar-refractivity contribution in [3.63, 3.8) is 0 Å². The lowest BCUT2D eigenvalue weighted by Gasteiger charge is -2.12. The van der Waals surface area contributed by atoms with Crippen LogP contribution in [0.5, 0.6) is 17.2 Å². The van der Waals surface area contributed by atoms with Crippen LogP contribution in [0.3, 0.4) is 0 Å². The molecule has 0 bridgehead atoms. The molecule has 0 radical (unpaired) electrons. The van der Waals surface area contributed by atoms with Gasteiger partial charge < -0.3 is 14.2 Å². The van der Waals surface area contributed by atoms with Gasteiger partial charge in [-0.15, -0.1) is 11.3 Å². The Labute approximate surface area is 191 Å². The predicted octanol–water partition coefficient (Wildman–Crippen LogP) is 5.72. The van der Waals surface area contributed by atoms with Crippen LogP contribution in [0.1, 0.15) is 5.56 Å². The number of nitrogens with zero attached hydrogens (tertiary/aromatic N) is 2. The number of anilines is 1. The molecule has 3 aromatic carbocycles. The first kappa shape index (κ1) is 21.4. The largest absolute Gasteiger partial charge is 0.493 e. The summed E-state index contributed by atoms with van der Waals surface area (Å²) in [5, 5.41) is 7.02. The Bertz CT molecular complexity index is 1150. The highest BCUT2D eigenvalue weighted by atomic mass is 32.1. The second-order valence-electron chi connectivity index (χ2n) is 6.69. The van der Waals surface area contributed by atoms with E-state index in [1.165, 1.54) is 11.3 Å². The van der Waals surface area contributed by atoms with Crippen LogP contribution in [-0.2, 0) is 0 Å². The summed E-state index contributed by atoms with van der Waals surface area (Å²) in [5.74, 6) is 2.11. The van der Waals surface area contributed by atoms with E-state index in [0.717, 1.165) is 27.7 Å². The molecule has 6 nitrogen and oxygen atoms in total. The molecule has 0 saturated heterocycles. The number of aromatic nitrogens is 1. The lowest BCUT2D eigenvalue weighted by molar-refractivity contribution is 0.211. The van der Waals surface area contributed by atoms with Crippen molar-refractivity contribution in [2.45, 2.75) is 0 Å². The predicted molar refractivity (Wildman–Crippen MR) is 129 cm³/mol.